The van der Waals surface area contributed by atoms with Gasteiger partial charge in [-0.1, -0.05) is 12.1 Å². The van der Waals surface area contributed by atoms with E-state index in [-0.39, 0.29) is 11.3 Å². The van der Waals surface area contributed by atoms with Gasteiger partial charge in [0.1, 0.15) is 6.10 Å². The zero-order valence-electron chi connectivity index (χ0n) is 7.57. The molecule has 0 radical (unpaired) electrons. The second-order valence-electron chi connectivity index (χ2n) is 2.85. The molecule has 0 aliphatic carbocycles. The summed E-state index contributed by atoms with van der Waals surface area (Å²) < 4.78 is 0. The minimum absolute atomic E-state index is 0.0424. The number of rotatable bonds is 4. The number of nitro groups is 2. The third-order valence-electron chi connectivity index (χ3n) is 1.81. The maximum Gasteiger partial charge on any atom is 0.275 e. The van der Waals surface area contributed by atoms with Crippen LogP contribution in [0.4, 0.5) is 5.69 Å². The molecule has 0 aromatic heterocycles. The van der Waals surface area contributed by atoms with Crippen molar-refractivity contribution in [3.8, 4) is 0 Å². The molecule has 1 aromatic carbocycles. The van der Waals surface area contributed by atoms with Crippen LogP contribution in [-0.4, -0.2) is 21.5 Å². The highest BCUT2D eigenvalue weighted by atomic mass is 16.6. The zero-order chi connectivity index (χ0) is 11.4. The Labute approximate surface area is 84.3 Å². The van der Waals surface area contributed by atoms with Crippen molar-refractivity contribution in [2.75, 3.05) is 6.54 Å². The van der Waals surface area contributed by atoms with Crippen LogP contribution in [0.15, 0.2) is 24.3 Å². The van der Waals surface area contributed by atoms with Crippen LogP contribution >= 0.6 is 0 Å². The van der Waals surface area contributed by atoms with Crippen molar-refractivity contribution in [1.82, 2.24) is 0 Å². The lowest BCUT2D eigenvalue weighted by Crippen LogP contribution is -2.13. The molecule has 0 aliphatic rings. The molecule has 0 spiro atoms. The molecule has 0 bridgehead atoms. The van der Waals surface area contributed by atoms with Crippen molar-refractivity contribution in [2.45, 2.75) is 6.10 Å². The molecular weight excluding hydrogens is 204 g/mol. The van der Waals surface area contributed by atoms with Gasteiger partial charge in [0, 0.05) is 11.0 Å². The first-order chi connectivity index (χ1) is 7.02. The van der Waals surface area contributed by atoms with E-state index in [9.17, 15) is 25.3 Å². The average molecular weight is 212 g/mol. The molecule has 1 atom stereocenters. The lowest BCUT2D eigenvalue weighted by molar-refractivity contribution is -0.492. The highest BCUT2D eigenvalue weighted by molar-refractivity contribution is 5.41. The number of aliphatic hydroxyl groups is 1. The monoisotopic (exact) mass is 212 g/mol. The van der Waals surface area contributed by atoms with Crippen LogP contribution in [0.3, 0.4) is 0 Å². The first-order valence-corrected chi connectivity index (χ1v) is 4.05. The van der Waals surface area contributed by atoms with Crippen LogP contribution in [0, 0.1) is 20.2 Å². The zero-order valence-corrected chi connectivity index (χ0v) is 7.57. The molecule has 7 nitrogen and oxygen atoms in total. The quantitative estimate of drug-likeness (QED) is 0.589. The largest absolute Gasteiger partial charge is 0.381 e. The van der Waals surface area contributed by atoms with Gasteiger partial charge in [0.15, 0.2) is 0 Å². The Kier molecular flexibility index (Phi) is 3.29. The minimum atomic E-state index is -1.46. The fraction of sp³-hybridized carbons (Fsp3) is 0.250. The molecule has 1 rings (SSSR count). The number of hydrogen-bond acceptors (Lipinski definition) is 5. The van der Waals surface area contributed by atoms with Crippen molar-refractivity contribution in [2.24, 2.45) is 0 Å². The molecule has 0 saturated heterocycles. The SMILES string of the molecule is O=[N+]([O-])C[C@H](O)c1ccccc1[N+](=O)[O-]. The highest BCUT2D eigenvalue weighted by Crippen LogP contribution is 2.24. The summed E-state index contributed by atoms with van der Waals surface area (Å²) >= 11 is 0. The number of aliphatic hydroxyl groups excluding tert-OH is 1. The van der Waals surface area contributed by atoms with E-state index in [1.54, 1.807) is 0 Å². The van der Waals surface area contributed by atoms with Crippen LogP contribution in [-0.2, 0) is 0 Å². The van der Waals surface area contributed by atoms with Crippen LogP contribution < -0.4 is 0 Å². The van der Waals surface area contributed by atoms with E-state index in [0.717, 1.165) is 0 Å². The van der Waals surface area contributed by atoms with E-state index in [2.05, 4.69) is 0 Å². The van der Waals surface area contributed by atoms with Crippen molar-refractivity contribution in [3.63, 3.8) is 0 Å². The van der Waals surface area contributed by atoms with Crippen LogP contribution in [0.5, 0.6) is 0 Å². The molecule has 7 heteroatoms. The Bertz CT molecular complexity index is 392. The summed E-state index contributed by atoms with van der Waals surface area (Å²) in [6.45, 7) is -0.745. The normalized spacial score (nSPS) is 12.1. The van der Waals surface area contributed by atoms with E-state index in [1.165, 1.54) is 24.3 Å². The first-order valence-electron chi connectivity index (χ1n) is 4.05. The Balaban J connectivity index is 3.02. The molecule has 1 aromatic rings. The number of benzene rings is 1. The summed E-state index contributed by atoms with van der Waals surface area (Å²) in [6.07, 6.45) is -1.46. The summed E-state index contributed by atoms with van der Waals surface area (Å²) in [6, 6.07) is 5.40. The smallest absolute Gasteiger partial charge is 0.275 e. The standard InChI is InChI=1S/C8H8N2O5/c11-8(5-9(12)13)6-3-1-2-4-7(6)10(14)15/h1-4,8,11H,5H2/t8-/m0/s1. The van der Waals surface area contributed by atoms with Gasteiger partial charge < -0.3 is 5.11 Å². The summed E-state index contributed by atoms with van der Waals surface area (Å²) in [5, 5.41) is 30.1. The lowest BCUT2D eigenvalue weighted by atomic mass is 10.1. The fourth-order valence-electron chi connectivity index (χ4n) is 1.18. The molecule has 15 heavy (non-hydrogen) atoms. The minimum Gasteiger partial charge on any atom is -0.381 e. The van der Waals surface area contributed by atoms with Gasteiger partial charge in [-0.05, 0) is 6.07 Å². The summed E-state index contributed by atoms with van der Waals surface area (Å²) in [5.41, 5.74) is -0.356. The lowest BCUT2D eigenvalue weighted by Gasteiger charge is -2.06. The molecule has 0 heterocycles. The van der Waals surface area contributed by atoms with Gasteiger partial charge in [0.2, 0.25) is 6.54 Å². The van der Waals surface area contributed by atoms with Crippen molar-refractivity contribution in [1.29, 1.82) is 0 Å². The maximum atomic E-state index is 10.5. The van der Waals surface area contributed by atoms with Crippen molar-refractivity contribution in [3.05, 3.63) is 50.1 Å². The Morgan fingerprint density at radius 2 is 1.87 bits per heavy atom. The number of nitro benzene ring substituents is 1. The molecule has 80 valence electrons. The van der Waals surface area contributed by atoms with E-state index >= 15 is 0 Å². The molecule has 0 amide bonds. The van der Waals surface area contributed by atoms with Gasteiger partial charge >= 0.3 is 0 Å². The fourth-order valence-corrected chi connectivity index (χ4v) is 1.18. The van der Waals surface area contributed by atoms with Crippen LogP contribution in [0.2, 0.25) is 0 Å². The Morgan fingerprint density at radius 3 is 2.40 bits per heavy atom. The summed E-state index contributed by atoms with van der Waals surface area (Å²) in [4.78, 5) is 19.3. The highest BCUT2D eigenvalue weighted by Gasteiger charge is 2.23. The second kappa shape index (κ2) is 4.47. The first kappa shape index (κ1) is 11.1. The third-order valence-corrected chi connectivity index (χ3v) is 1.81. The van der Waals surface area contributed by atoms with Gasteiger partial charge in [-0.25, -0.2) is 0 Å². The van der Waals surface area contributed by atoms with E-state index in [4.69, 9.17) is 0 Å². The van der Waals surface area contributed by atoms with Gasteiger partial charge in [-0.3, -0.25) is 20.2 Å². The summed E-state index contributed by atoms with van der Waals surface area (Å²) in [5.74, 6) is 0. The van der Waals surface area contributed by atoms with Gasteiger partial charge in [0.25, 0.3) is 5.69 Å². The third kappa shape index (κ3) is 2.71. The number of nitrogens with zero attached hydrogens (tertiary/aromatic N) is 2. The molecule has 1 N–H and O–H groups in total. The van der Waals surface area contributed by atoms with E-state index in [1.807, 2.05) is 0 Å². The van der Waals surface area contributed by atoms with E-state index < -0.39 is 22.5 Å². The van der Waals surface area contributed by atoms with Gasteiger partial charge in [-0.15, -0.1) is 0 Å². The number of para-hydroxylation sites is 1. The summed E-state index contributed by atoms with van der Waals surface area (Å²) in [7, 11) is 0. The molecule has 0 saturated carbocycles. The van der Waals surface area contributed by atoms with Crippen LogP contribution in [0.25, 0.3) is 0 Å². The van der Waals surface area contributed by atoms with Crippen molar-refractivity contribution < 1.29 is 15.0 Å². The predicted molar refractivity (Wildman–Crippen MR) is 49.9 cm³/mol. The molecular formula is C8H8N2O5. The van der Waals surface area contributed by atoms with Crippen molar-refractivity contribution >= 4 is 5.69 Å². The van der Waals surface area contributed by atoms with Gasteiger partial charge in [-0.2, -0.15) is 0 Å². The van der Waals surface area contributed by atoms with E-state index in [0.29, 0.717) is 0 Å². The van der Waals surface area contributed by atoms with Gasteiger partial charge in [0.05, 0.1) is 10.5 Å². The maximum absolute atomic E-state index is 10.5. The van der Waals surface area contributed by atoms with Crippen LogP contribution in [0.1, 0.15) is 11.7 Å². The average Bonchev–Trinajstić information content (AvgIpc) is 2.16. The molecule has 0 aliphatic heterocycles. The Hall–Kier alpha value is -2.02. The second-order valence-corrected chi connectivity index (χ2v) is 2.85. The number of hydrogen-bond donors (Lipinski definition) is 1. The molecule has 0 fully saturated rings. The topological polar surface area (TPSA) is 107 Å². The molecule has 0 unspecified atom stereocenters. The predicted octanol–water partition coefficient (Wildman–Crippen LogP) is 0.905. The Morgan fingerprint density at radius 1 is 1.27 bits per heavy atom.